The third kappa shape index (κ3) is 7.65. The molecule has 0 aliphatic rings. The lowest BCUT2D eigenvalue weighted by Crippen LogP contribution is -2.15. The van der Waals surface area contributed by atoms with Crippen molar-refractivity contribution in [3.8, 4) is 17.2 Å². The zero-order chi connectivity index (χ0) is 26.2. The number of carbonyl (C=O) groups is 1. The summed E-state index contributed by atoms with van der Waals surface area (Å²) >= 11 is -1.03. The molecule has 3 rings (SSSR count). The average Bonchev–Trinajstić information content (AvgIpc) is 2.82. The van der Waals surface area contributed by atoms with E-state index in [0.29, 0.717) is 42.5 Å². The van der Waals surface area contributed by atoms with Crippen LogP contribution in [0.5, 0.6) is 17.2 Å². The molecule has 8 heteroatoms. The number of anilines is 1. The lowest BCUT2D eigenvalue weighted by atomic mass is 10.0. The Kier molecular flexibility index (Phi) is 9.64. The SMILES string of the molecule is Cc1cc(C(=O)Nc2cc(OCc3ccc([S+](C)[O-])cc3)cc(OC(C)C)c2)cc(C)c1OCCN. The molecule has 1 atom stereocenters. The molecular formula is C28H34N2O5S. The Hall–Kier alpha value is -3.20. The van der Waals surface area contributed by atoms with Crippen LogP contribution < -0.4 is 25.3 Å². The zero-order valence-corrected chi connectivity index (χ0v) is 22.2. The summed E-state index contributed by atoms with van der Waals surface area (Å²) in [5.41, 5.74) is 9.30. The molecule has 1 amide bonds. The smallest absolute Gasteiger partial charge is 0.255 e. The maximum Gasteiger partial charge on any atom is 0.255 e. The fourth-order valence-electron chi connectivity index (χ4n) is 3.68. The number of amides is 1. The molecule has 192 valence electrons. The highest BCUT2D eigenvalue weighted by molar-refractivity contribution is 7.90. The number of nitrogens with two attached hydrogens (primary N) is 1. The van der Waals surface area contributed by atoms with Crippen molar-refractivity contribution in [1.82, 2.24) is 0 Å². The summed E-state index contributed by atoms with van der Waals surface area (Å²) in [6.07, 6.45) is 1.60. The zero-order valence-electron chi connectivity index (χ0n) is 21.4. The van der Waals surface area contributed by atoms with E-state index >= 15 is 0 Å². The number of benzene rings is 3. The van der Waals surface area contributed by atoms with Gasteiger partial charge < -0.3 is 29.8 Å². The topological polar surface area (TPSA) is 106 Å². The Morgan fingerprint density at radius 3 is 2.22 bits per heavy atom. The van der Waals surface area contributed by atoms with Gasteiger partial charge in [-0.2, -0.15) is 0 Å². The van der Waals surface area contributed by atoms with E-state index in [0.717, 1.165) is 27.3 Å². The largest absolute Gasteiger partial charge is 0.612 e. The number of ether oxygens (including phenoxy) is 3. The van der Waals surface area contributed by atoms with E-state index in [-0.39, 0.29) is 12.0 Å². The number of carbonyl (C=O) groups excluding carboxylic acids is 1. The Labute approximate surface area is 216 Å². The minimum absolute atomic E-state index is 0.0439. The van der Waals surface area contributed by atoms with Gasteiger partial charge in [0.2, 0.25) is 0 Å². The molecule has 0 aromatic heterocycles. The number of hydrogen-bond acceptors (Lipinski definition) is 6. The molecule has 3 aromatic rings. The maximum absolute atomic E-state index is 13.1. The van der Waals surface area contributed by atoms with Gasteiger partial charge in [-0.05, 0) is 79.8 Å². The summed E-state index contributed by atoms with van der Waals surface area (Å²) in [5.74, 6) is 1.65. The lowest BCUT2D eigenvalue weighted by molar-refractivity contribution is 0.102. The highest BCUT2D eigenvalue weighted by Gasteiger charge is 2.14. The van der Waals surface area contributed by atoms with Crippen molar-refractivity contribution in [2.75, 3.05) is 24.7 Å². The van der Waals surface area contributed by atoms with E-state index < -0.39 is 11.2 Å². The van der Waals surface area contributed by atoms with E-state index in [4.69, 9.17) is 19.9 Å². The van der Waals surface area contributed by atoms with Gasteiger partial charge in [0.15, 0.2) is 4.90 Å². The number of aryl methyl sites for hydroxylation is 2. The molecule has 0 heterocycles. The number of nitrogens with one attached hydrogen (secondary N) is 1. The van der Waals surface area contributed by atoms with Crippen molar-refractivity contribution in [3.63, 3.8) is 0 Å². The van der Waals surface area contributed by atoms with Crippen LogP contribution in [0, 0.1) is 13.8 Å². The molecule has 0 bridgehead atoms. The highest BCUT2D eigenvalue weighted by Crippen LogP contribution is 2.29. The molecule has 1 unspecified atom stereocenters. The second-order valence-electron chi connectivity index (χ2n) is 8.78. The van der Waals surface area contributed by atoms with E-state index in [1.165, 1.54) is 0 Å². The monoisotopic (exact) mass is 510 g/mol. The quantitative estimate of drug-likeness (QED) is 0.352. The van der Waals surface area contributed by atoms with Gasteiger partial charge in [-0.25, -0.2) is 0 Å². The third-order valence-corrected chi connectivity index (χ3v) is 6.19. The summed E-state index contributed by atoms with van der Waals surface area (Å²) < 4.78 is 29.2. The first-order valence-corrected chi connectivity index (χ1v) is 13.3. The number of hydrogen-bond donors (Lipinski definition) is 2. The van der Waals surface area contributed by atoms with Gasteiger partial charge in [0.1, 0.15) is 36.7 Å². The van der Waals surface area contributed by atoms with Crippen LogP contribution in [0.1, 0.15) is 40.9 Å². The van der Waals surface area contributed by atoms with Crippen molar-refractivity contribution in [2.24, 2.45) is 5.73 Å². The molecule has 0 fully saturated rings. The van der Waals surface area contributed by atoms with E-state index in [1.807, 2.05) is 52.0 Å². The average molecular weight is 511 g/mol. The van der Waals surface area contributed by atoms with Crippen LogP contribution in [0.3, 0.4) is 0 Å². The van der Waals surface area contributed by atoms with Gasteiger partial charge in [0, 0.05) is 36.0 Å². The normalized spacial score (nSPS) is 11.8. The van der Waals surface area contributed by atoms with Crippen molar-refractivity contribution in [2.45, 2.75) is 45.3 Å². The molecule has 0 radical (unpaired) electrons. The summed E-state index contributed by atoms with van der Waals surface area (Å²) in [4.78, 5) is 13.8. The van der Waals surface area contributed by atoms with Crippen LogP contribution in [0.2, 0.25) is 0 Å². The van der Waals surface area contributed by atoms with E-state index in [9.17, 15) is 9.35 Å². The molecule has 0 aliphatic carbocycles. The Bertz CT molecular complexity index is 1160. The van der Waals surface area contributed by atoms with Gasteiger partial charge >= 0.3 is 0 Å². The summed E-state index contributed by atoms with van der Waals surface area (Å²) in [6.45, 7) is 8.84. The molecule has 3 aromatic carbocycles. The molecule has 7 nitrogen and oxygen atoms in total. The Balaban J connectivity index is 1.78. The molecule has 3 N–H and O–H groups in total. The summed E-state index contributed by atoms with van der Waals surface area (Å²) in [5, 5.41) is 2.95. The van der Waals surface area contributed by atoms with Gasteiger partial charge in [0.25, 0.3) is 5.91 Å². The molecule has 36 heavy (non-hydrogen) atoms. The predicted octanol–water partition coefficient (Wildman–Crippen LogP) is 5.00. The van der Waals surface area contributed by atoms with Gasteiger partial charge in [-0.1, -0.05) is 12.1 Å². The predicted molar refractivity (Wildman–Crippen MR) is 144 cm³/mol. The van der Waals surface area contributed by atoms with Gasteiger partial charge in [-0.15, -0.1) is 0 Å². The molecule has 0 saturated heterocycles. The van der Waals surface area contributed by atoms with Crippen molar-refractivity contribution in [3.05, 3.63) is 76.9 Å². The summed E-state index contributed by atoms with van der Waals surface area (Å²) in [7, 11) is 0. The maximum atomic E-state index is 13.1. The van der Waals surface area contributed by atoms with Crippen LogP contribution >= 0.6 is 0 Å². The molecule has 0 saturated carbocycles. The lowest BCUT2D eigenvalue weighted by Gasteiger charge is -2.16. The first-order valence-electron chi connectivity index (χ1n) is 11.8. The van der Waals surface area contributed by atoms with Crippen LogP contribution in [0.15, 0.2) is 59.5 Å². The summed E-state index contributed by atoms with van der Waals surface area (Å²) in [6, 6.07) is 16.4. The van der Waals surface area contributed by atoms with Crippen LogP contribution in [-0.4, -0.2) is 36.0 Å². The molecular weight excluding hydrogens is 476 g/mol. The third-order valence-electron chi connectivity index (χ3n) is 5.26. The van der Waals surface area contributed by atoms with E-state index in [1.54, 1.807) is 36.6 Å². The van der Waals surface area contributed by atoms with Crippen molar-refractivity contribution < 1.29 is 23.6 Å². The highest BCUT2D eigenvalue weighted by atomic mass is 32.2. The first kappa shape index (κ1) is 27.4. The van der Waals surface area contributed by atoms with Gasteiger partial charge in [-0.3, -0.25) is 4.79 Å². The number of rotatable bonds is 11. The Morgan fingerprint density at radius 2 is 1.64 bits per heavy atom. The Morgan fingerprint density at radius 1 is 1.00 bits per heavy atom. The minimum atomic E-state index is -1.03. The van der Waals surface area contributed by atoms with Crippen molar-refractivity contribution in [1.29, 1.82) is 0 Å². The fraction of sp³-hybridized carbons (Fsp3) is 0.321. The van der Waals surface area contributed by atoms with E-state index in [2.05, 4.69) is 5.32 Å². The second-order valence-corrected chi connectivity index (χ2v) is 10.2. The van der Waals surface area contributed by atoms with Crippen LogP contribution in [-0.2, 0) is 17.8 Å². The van der Waals surface area contributed by atoms with Crippen LogP contribution in [0.4, 0.5) is 5.69 Å². The fourth-order valence-corrected chi connectivity index (χ4v) is 4.20. The molecule has 0 spiro atoms. The van der Waals surface area contributed by atoms with Crippen LogP contribution in [0.25, 0.3) is 0 Å². The minimum Gasteiger partial charge on any atom is -0.612 e. The first-order chi connectivity index (χ1) is 17.2. The molecule has 0 aliphatic heterocycles. The van der Waals surface area contributed by atoms with Crippen molar-refractivity contribution >= 4 is 22.8 Å². The van der Waals surface area contributed by atoms with Gasteiger partial charge in [0.05, 0.1) is 6.10 Å². The standard InChI is InChI=1S/C28H34N2O5S/c1-18(2)35-25-15-23(14-24(16-25)34-17-21-6-8-26(9-7-21)36(5)32)30-28(31)22-12-19(3)27(20(4)13-22)33-11-10-29/h6-9,12-16,18H,10-11,17,29H2,1-5H3,(H,30,31). The second kappa shape index (κ2) is 12.7.